The van der Waals surface area contributed by atoms with Crippen molar-refractivity contribution in [1.29, 1.82) is 0 Å². The first kappa shape index (κ1) is 17.0. The number of rotatable bonds is 2. The molecule has 4 nitrogen and oxygen atoms in total. The van der Waals surface area contributed by atoms with Gasteiger partial charge in [0.25, 0.3) is 5.91 Å². The van der Waals surface area contributed by atoms with E-state index in [1.54, 1.807) is 12.1 Å². The fourth-order valence-electron chi connectivity index (χ4n) is 2.33. The van der Waals surface area contributed by atoms with Crippen molar-refractivity contribution in [2.45, 2.75) is 13.8 Å². The highest BCUT2D eigenvalue weighted by atomic mass is 79.9. The van der Waals surface area contributed by atoms with Crippen LogP contribution in [0, 0.1) is 13.8 Å². The molecule has 122 valence electrons. The van der Waals surface area contributed by atoms with Crippen LogP contribution in [-0.4, -0.2) is 16.0 Å². The predicted molar refractivity (Wildman–Crippen MR) is 107 cm³/mol. The minimum absolute atomic E-state index is 0.233. The van der Waals surface area contributed by atoms with Crippen LogP contribution in [0.5, 0.6) is 0 Å². The third-order valence-corrected chi connectivity index (χ3v) is 5.03. The Morgan fingerprint density at radius 2 is 1.92 bits per heavy atom. The number of nitrogens with one attached hydrogen (secondary N) is 2. The van der Waals surface area contributed by atoms with Crippen LogP contribution in [0.1, 0.15) is 21.5 Å². The molecule has 0 spiro atoms. The van der Waals surface area contributed by atoms with Crippen molar-refractivity contribution in [3.05, 3.63) is 57.6 Å². The van der Waals surface area contributed by atoms with Crippen molar-refractivity contribution in [3.63, 3.8) is 0 Å². The van der Waals surface area contributed by atoms with Gasteiger partial charge >= 0.3 is 0 Å². The van der Waals surface area contributed by atoms with E-state index in [2.05, 4.69) is 50.6 Å². The maximum Gasteiger partial charge on any atom is 0.257 e. The number of hydrogen-bond donors (Lipinski definition) is 2. The molecule has 0 saturated heterocycles. The van der Waals surface area contributed by atoms with E-state index in [1.165, 1.54) is 16.9 Å². The standard InChI is InChI=1S/C17H14BrN3OS2/c1-9-7-10(2)14-13(8-9)24-17(19-14)21-16(23)20-15(22)11-3-5-12(18)6-4-11/h3-8H,1-2H3,(H2,19,20,21,22,23). The van der Waals surface area contributed by atoms with E-state index in [-0.39, 0.29) is 11.0 Å². The number of carbonyl (C=O) groups is 1. The third-order valence-electron chi connectivity index (χ3n) is 3.38. The van der Waals surface area contributed by atoms with Gasteiger partial charge in [-0.1, -0.05) is 33.3 Å². The lowest BCUT2D eigenvalue weighted by atomic mass is 10.1. The zero-order valence-corrected chi connectivity index (χ0v) is 16.2. The average molecular weight is 420 g/mol. The smallest absolute Gasteiger partial charge is 0.257 e. The number of fused-ring (bicyclic) bond motifs is 1. The van der Waals surface area contributed by atoms with E-state index in [9.17, 15) is 4.79 Å². The molecule has 0 saturated carbocycles. The van der Waals surface area contributed by atoms with Gasteiger partial charge in [0.1, 0.15) is 0 Å². The molecule has 0 atom stereocenters. The van der Waals surface area contributed by atoms with Crippen LogP contribution in [0.3, 0.4) is 0 Å². The summed E-state index contributed by atoms with van der Waals surface area (Å²) in [6.45, 7) is 4.09. The topological polar surface area (TPSA) is 54.0 Å². The monoisotopic (exact) mass is 419 g/mol. The Morgan fingerprint density at radius 3 is 2.62 bits per heavy atom. The summed E-state index contributed by atoms with van der Waals surface area (Å²) in [7, 11) is 0. The van der Waals surface area contributed by atoms with Crippen LogP contribution >= 0.6 is 39.5 Å². The number of thiocarbonyl (C=S) groups is 1. The summed E-state index contributed by atoms with van der Waals surface area (Å²) < 4.78 is 2.01. The Labute approximate surface area is 157 Å². The number of aryl methyl sites for hydroxylation is 2. The van der Waals surface area contributed by atoms with Gasteiger partial charge in [-0.3, -0.25) is 10.1 Å². The Balaban J connectivity index is 1.71. The van der Waals surface area contributed by atoms with Crippen molar-refractivity contribution in [1.82, 2.24) is 10.3 Å². The van der Waals surface area contributed by atoms with Gasteiger partial charge in [0.05, 0.1) is 10.2 Å². The highest BCUT2D eigenvalue weighted by Crippen LogP contribution is 2.29. The predicted octanol–water partition coefficient (Wildman–Crippen LogP) is 4.80. The molecule has 0 bridgehead atoms. The molecule has 1 amide bonds. The summed E-state index contributed by atoms with van der Waals surface area (Å²) in [4.78, 5) is 16.7. The van der Waals surface area contributed by atoms with E-state index >= 15 is 0 Å². The number of benzene rings is 2. The van der Waals surface area contributed by atoms with Crippen LogP contribution in [0.15, 0.2) is 40.9 Å². The van der Waals surface area contributed by atoms with E-state index in [4.69, 9.17) is 12.2 Å². The van der Waals surface area contributed by atoms with Gasteiger partial charge in [0.15, 0.2) is 10.2 Å². The fourth-order valence-corrected chi connectivity index (χ4v) is 3.89. The van der Waals surface area contributed by atoms with Crippen molar-refractivity contribution in [3.8, 4) is 0 Å². The first-order valence-corrected chi connectivity index (χ1v) is 9.20. The third kappa shape index (κ3) is 3.80. The molecule has 0 unspecified atom stereocenters. The molecular weight excluding hydrogens is 406 g/mol. The molecule has 0 radical (unpaired) electrons. The molecule has 1 aromatic heterocycles. The summed E-state index contributed by atoms with van der Waals surface area (Å²) >= 11 is 10.1. The second-order valence-electron chi connectivity index (χ2n) is 5.36. The largest absolute Gasteiger partial charge is 0.308 e. The molecule has 0 aliphatic heterocycles. The van der Waals surface area contributed by atoms with E-state index in [1.807, 2.05) is 19.1 Å². The molecule has 3 aromatic rings. The zero-order chi connectivity index (χ0) is 17.3. The molecule has 1 heterocycles. The van der Waals surface area contributed by atoms with Crippen LogP contribution in [0.2, 0.25) is 0 Å². The van der Waals surface area contributed by atoms with Crippen molar-refractivity contribution < 1.29 is 4.79 Å². The van der Waals surface area contributed by atoms with Gasteiger partial charge in [-0.2, -0.15) is 0 Å². The van der Waals surface area contributed by atoms with E-state index in [0.717, 1.165) is 20.3 Å². The number of thiazole rings is 1. The maximum atomic E-state index is 12.2. The summed E-state index contributed by atoms with van der Waals surface area (Å²) in [5.74, 6) is -0.256. The molecule has 3 rings (SSSR count). The Bertz CT molecular complexity index is 935. The number of halogens is 1. The summed E-state index contributed by atoms with van der Waals surface area (Å²) in [6.07, 6.45) is 0. The second-order valence-corrected chi connectivity index (χ2v) is 7.72. The molecule has 0 fully saturated rings. The van der Waals surface area contributed by atoms with Gasteiger partial charge in [-0.25, -0.2) is 4.98 Å². The molecule has 7 heteroatoms. The SMILES string of the molecule is Cc1cc(C)c2nc(NC(=S)NC(=O)c3ccc(Br)cc3)sc2c1. The quantitative estimate of drug-likeness (QED) is 0.585. The minimum atomic E-state index is -0.256. The van der Waals surface area contributed by atoms with Crippen molar-refractivity contribution in [2.24, 2.45) is 0 Å². The maximum absolute atomic E-state index is 12.2. The van der Waals surface area contributed by atoms with Crippen LogP contribution in [-0.2, 0) is 0 Å². The Morgan fingerprint density at radius 1 is 1.21 bits per heavy atom. The van der Waals surface area contributed by atoms with Crippen LogP contribution in [0.4, 0.5) is 5.13 Å². The highest BCUT2D eigenvalue weighted by Gasteiger charge is 2.11. The number of carbonyl (C=O) groups excluding carboxylic acids is 1. The summed E-state index contributed by atoms with van der Waals surface area (Å²) in [5.41, 5.74) is 3.81. The number of aromatic nitrogens is 1. The van der Waals surface area contributed by atoms with Gasteiger partial charge in [-0.05, 0) is 67.5 Å². The Hall–Kier alpha value is -1.83. The van der Waals surface area contributed by atoms with Gasteiger partial charge in [-0.15, -0.1) is 0 Å². The molecule has 0 aliphatic rings. The number of anilines is 1. The van der Waals surface area contributed by atoms with Crippen molar-refractivity contribution in [2.75, 3.05) is 5.32 Å². The molecule has 0 aliphatic carbocycles. The molecular formula is C17H14BrN3OS2. The van der Waals surface area contributed by atoms with Crippen LogP contribution < -0.4 is 10.6 Å². The van der Waals surface area contributed by atoms with Gasteiger partial charge in [0, 0.05) is 10.0 Å². The lowest BCUT2D eigenvalue weighted by molar-refractivity contribution is 0.0977. The van der Waals surface area contributed by atoms with E-state index in [0.29, 0.717) is 10.7 Å². The lowest BCUT2D eigenvalue weighted by Gasteiger charge is -2.07. The fraction of sp³-hybridized carbons (Fsp3) is 0.118. The number of amides is 1. The zero-order valence-electron chi connectivity index (χ0n) is 13.0. The molecule has 24 heavy (non-hydrogen) atoms. The highest BCUT2D eigenvalue weighted by molar-refractivity contribution is 9.10. The summed E-state index contributed by atoms with van der Waals surface area (Å²) in [6, 6.07) is 11.3. The summed E-state index contributed by atoms with van der Waals surface area (Å²) in [5, 5.41) is 6.55. The minimum Gasteiger partial charge on any atom is -0.308 e. The second kappa shape index (κ2) is 6.96. The molecule has 2 aromatic carbocycles. The first-order chi connectivity index (χ1) is 11.4. The lowest BCUT2D eigenvalue weighted by Crippen LogP contribution is -2.34. The average Bonchev–Trinajstić information content (AvgIpc) is 2.90. The van der Waals surface area contributed by atoms with Crippen molar-refractivity contribution >= 4 is 65.9 Å². The van der Waals surface area contributed by atoms with E-state index < -0.39 is 0 Å². The number of hydrogen-bond acceptors (Lipinski definition) is 4. The molecule has 2 N–H and O–H groups in total. The number of nitrogens with zero attached hydrogens (tertiary/aromatic N) is 1. The van der Waals surface area contributed by atoms with Gasteiger partial charge < -0.3 is 5.32 Å². The van der Waals surface area contributed by atoms with Gasteiger partial charge in [0.2, 0.25) is 0 Å². The van der Waals surface area contributed by atoms with Crippen LogP contribution in [0.25, 0.3) is 10.2 Å². The normalized spacial score (nSPS) is 10.6. The first-order valence-electron chi connectivity index (χ1n) is 7.18. The Kier molecular flexibility index (Phi) is 4.93.